The number of aromatic nitrogens is 2. The summed E-state index contributed by atoms with van der Waals surface area (Å²) in [6.07, 6.45) is 0. The van der Waals surface area contributed by atoms with Crippen LogP contribution in [-0.4, -0.2) is 9.97 Å². The largest absolute Gasteiger partial charge is 0.310 e. The molecule has 9 aromatic rings. The molecule has 3 nitrogen and oxygen atoms in total. The van der Waals surface area contributed by atoms with Crippen LogP contribution in [0.2, 0.25) is 0 Å². The molecule has 0 aliphatic heterocycles. The van der Waals surface area contributed by atoms with Gasteiger partial charge in [-0.2, -0.15) is 0 Å². The van der Waals surface area contributed by atoms with Gasteiger partial charge in [0, 0.05) is 33.3 Å². The molecule has 56 heavy (non-hydrogen) atoms. The molecule has 1 aromatic heterocycles. The highest BCUT2D eigenvalue weighted by Crippen LogP contribution is 2.54. The van der Waals surface area contributed by atoms with Gasteiger partial charge in [-0.25, -0.2) is 9.97 Å². The van der Waals surface area contributed by atoms with Gasteiger partial charge in [-0.05, 0) is 93.0 Å². The third-order valence-electron chi connectivity index (χ3n) is 11.3. The van der Waals surface area contributed by atoms with Crippen molar-refractivity contribution in [3.63, 3.8) is 0 Å². The fourth-order valence-corrected chi connectivity index (χ4v) is 8.50. The maximum Gasteiger partial charge on any atom is 0.160 e. The SMILES string of the molecule is CC1(C)c2ccccc2-c2cccc(N(c3ccc(-c4ccccc4)cc3)c3ccc(-c4nc(-c5ccc(-c6ccccc6)cc5)c5ccccc5n4)cc3)c21. The van der Waals surface area contributed by atoms with Crippen LogP contribution < -0.4 is 4.90 Å². The first-order chi connectivity index (χ1) is 27.5. The van der Waals surface area contributed by atoms with E-state index >= 15 is 0 Å². The maximum atomic E-state index is 5.24. The number of anilines is 3. The number of hydrogen-bond donors (Lipinski definition) is 0. The molecular weight excluding hydrogens is 679 g/mol. The van der Waals surface area contributed by atoms with Crippen LogP contribution in [0.3, 0.4) is 0 Å². The second-order valence-electron chi connectivity index (χ2n) is 15.0. The highest BCUT2D eigenvalue weighted by molar-refractivity contribution is 5.94. The molecule has 0 amide bonds. The van der Waals surface area contributed by atoms with E-state index < -0.39 is 0 Å². The van der Waals surface area contributed by atoms with Crippen molar-refractivity contribution in [1.82, 2.24) is 9.97 Å². The van der Waals surface area contributed by atoms with Gasteiger partial charge in [0.25, 0.3) is 0 Å². The molecule has 1 heterocycles. The van der Waals surface area contributed by atoms with Crippen LogP contribution in [0.1, 0.15) is 25.0 Å². The van der Waals surface area contributed by atoms with E-state index in [4.69, 9.17) is 9.97 Å². The van der Waals surface area contributed by atoms with Crippen LogP contribution in [-0.2, 0) is 5.41 Å². The van der Waals surface area contributed by atoms with Crippen molar-refractivity contribution in [2.75, 3.05) is 4.90 Å². The Labute approximate surface area is 328 Å². The standard InChI is InChI=1S/C53H39N3/c1-53(2)47-21-11-9-18-44(47)45-20-13-23-49(50(45)53)56(42-32-28-39(29-33-42)37-16-7-4-8-17-37)43-34-30-41(31-35-43)52-54-48-22-12-10-19-46(48)51(55-52)40-26-24-38(25-27-40)36-14-5-3-6-15-36/h3-35H,1-2H3. The zero-order valence-corrected chi connectivity index (χ0v) is 31.4. The molecule has 0 unspecified atom stereocenters. The quantitative estimate of drug-likeness (QED) is 0.164. The molecule has 0 saturated carbocycles. The van der Waals surface area contributed by atoms with E-state index in [-0.39, 0.29) is 5.41 Å². The van der Waals surface area contributed by atoms with Gasteiger partial charge < -0.3 is 4.90 Å². The van der Waals surface area contributed by atoms with E-state index in [9.17, 15) is 0 Å². The lowest BCUT2D eigenvalue weighted by molar-refractivity contribution is 0.661. The summed E-state index contributed by atoms with van der Waals surface area (Å²) in [6.45, 7) is 4.70. The summed E-state index contributed by atoms with van der Waals surface area (Å²) in [4.78, 5) is 12.7. The molecular formula is C53H39N3. The van der Waals surface area contributed by atoms with Crippen molar-refractivity contribution in [2.24, 2.45) is 0 Å². The van der Waals surface area contributed by atoms with Gasteiger partial charge in [0.1, 0.15) is 0 Å². The molecule has 0 spiro atoms. The minimum atomic E-state index is -0.181. The molecule has 10 rings (SSSR count). The van der Waals surface area contributed by atoms with Gasteiger partial charge in [0.2, 0.25) is 0 Å². The number of nitrogens with zero attached hydrogens (tertiary/aromatic N) is 3. The molecule has 0 N–H and O–H groups in total. The van der Waals surface area contributed by atoms with E-state index in [0.717, 1.165) is 39.1 Å². The number of benzene rings is 8. The van der Waals surface area contributed by atoms with Gasteiger partial charge in [0.15, 0.2) is 5.82 Å². The summed E-state index contributed by atoms with van der Waals surface area (Å²) in [6, 6.07) is 71.3. The Morgan fingerprint density at radius 2 is 0.893 bits per heavy atom. The molecule has 0 radical (unpaired) electrons. The number of hydrogen-bond acceptors (Lipinski definition) is 3. The molecule has 3 heteroatoms. The van der Waals surface area contributed by atoms with Gasteiger partial charge in [-0.3, -0.25) is 0 Å². The average molecular weight is 718 g/mol. The van der Waals surface area contributed by atoms with Crippen LogP contribution in [0.25, 0.3) is 66.9 Å². The van der Waals surface area contributed by atoms with Crippen LogP contribution in [0, 0.1) is 0 Å². The lowest BCUT2D eigenvalue weighted by Gasteiger charge is -2.32. The third kappa shape index (κ3) is 5.77. The second kappa shape index (κ2) is 13.6. The van der Waals surface area contributed by atoms with E-state index in [1.165, 1.54) is 50.2 Å². The maximum absolute atomic E-state index is 5.24. The van der Waals surface area contributed by atoms with Crippen molar-refractivity contribution in [3.05, 3.63) is 211 Å². The molecule has 0 saturated heterocycles. The minimum absolute atomic E-state index is 0.181. The first-order valence-corrected chi connectivity index (χ1v) is 19.2. The predicted octanol–water partition coefficient (Wildman–Crippen LogP) is 14.1. The van der Waals surface area contributed by atoms with Gasteiger partial charge in [0.05, 0.1) is 16.9 Å². The summed E-state index contributed by atoms with van der Waals surface area (Å²) in [5.74, 6) is 0.702. The topological polar surface area (TPSA) is 29.0 Å². The van der Waals surface area contributed by atoms with Gasteiger partial charge in [-0.15, -0.1) is 0 Å². The first kappa shape index (κ1) is 33.5. The Hall–Kier alpha value is -7.10. The summed E-state index contributed by atoms with van der Waals surface area (Å²) >= 11 is 0. The van der Waals surface area contributed by atoms with E-state index in [1.54, 1.807) is 0 Å². The fraction of sp³-hybridized carbons (Fsp3) is 0.0566. The molecule has 0 fully saturated rings. The Morgan fingerprint density at radius 1 is 0.393 bits per heavy atom. The van der Waals surface area contributed by atoms with Crippen LogP contribution >= 0.6 is 0 Å². The van der Waals surface area contributed by atoms with Crippen LogP contribution in [0.15, 0.2) is 200 Å². The van der Waals surface area contributed by atoms with Gasteiger partial charge in [-0.1, -0.05) is 166 Å². The minimum Gasteiger partial charge on any atom is -0.310 e. The average Bonchev–Trinajstić information content (AvgIpc) is 3.51. The second-order valence-corrected chi connectivity index (χ2v) is 15.0. The molecule has 1 aliphatic rings. The number of rotatable bonds is 7. The molecule has 0 bridgehead atoms. The lowest BCUT2D eigenvalue weighted by Crippen LogP contribution is -2.20. The van der Waals surface area contributed by atoms with Gasteiger partial charge >= 0.3 is 0 Å². The Bertz CT molecular complexity index is 2840. The van der Waals surface area contributed by atoms with Crippen molar-refractivity contribution in [3.8, 4) is 56.0 Å². The third-order valence-corrected chi connectivity index (χ3v) is 11.3. The van der Waals surface area contributed by atoms with Crippen molar-refractivity contribution < 1.29 is 0 Å². The highest BCUT2D eigenvalue weighted by Gasteiger charge is 2.38. The summed E-state index contributed by atoms with van der Waals surface area (Å²) in [7, 11) is 0. The number of fused-ring (bicyclic) bond motifs is 4. The van der Waals surface area contributed by atoms with E-state index in [2.05, 4.69) is 207 Å². The summed E-state index contributed by atoms with van der Waals surface area (Å²) in [5.41, 5.74) is 17.1. The zero-order valence-electron chi connectivity index (χ0n) is 31.4. The predicted molar refractivity (Wildman–Crippen MR) is 234 cm³/mol. The molecule has 8 aromatic carbocycles. The van der Waals surface area contributed by atoms with E-state index in [0.29, 0.717) is 5.82 Å². The summed E-state index contributed by atoms with van der Waals surface area (Å²) < 4.78 is 0. The summed E-state index contributed by atoms with van der Waals surface area (Å²) in [5, 5.41) is 1.03. The lowest BCUT2D eigenvalue weighted by atomic mass is 9.81. The molecule has 1 aliphatic carbocycles. The molecule has 266 valence electrons. The first-order valence-electron chi connectivity index (χ1n) is 19.2. The fourth-order valence-electron chi connectivity index (χ4n) is 8.50. The molecule has 0 atom stereocenters. The Balaban J connectivity index is 1.07. The van der Waals surface area contributed by atoms with Crippen LogP contribution in [0.4, 0.5) is 17.1 Å². The Kier molecular flexibility index (Phi) is 8.15. The Morgan fingerprint density at radius 3 is 1.55 bits per heavy atom. The highest BCUT2D eigenvalue weighted by atomic mass is 15.1. The van der Waals surface area contributed by atoms with Crippen molar-refractivity contribution >= 4 is 28.0 Å². The van der Waals surface area contributed by atoms with Crippen molar-refractivity contribution in [2.45, 2.75) is 19.3 Å². The zero-order chi connectivity index (χ0) is 37.6. The number of para-hydroxylation sites is 1. The van der Waals surface area contributed by atoms with Crippen molar-refractivity contribution in [1.29, 1.82) is 0 Å². The van der Waals surface area contributed by atoms with Crippen LogP contribution in [0.5, 0.6) is 0 Å². The normalized spacial score (nSPS) is 12.6. The monoisotopic (exact) mass is 717 g/mol. The smallest absolute Gasteiger partial charge is 0.160 e. The van der Waals surface area contributed by atoms with E-state index in [1.807, 2.05) is 12.1 Å².